The minimum Gasteiger partial charge on any atom is -0.456 e. The van der Waals surface area contributed by atoms with Crippen LogP contribution in [0.5, 0.6) is 0 Å². The van der Waals surface area contributed by atoms with Crippen molar-refractivity contribution in [3.63, 3.8) is 0 Å². The summed E-state index contributed by atoms with van der Waals surface area (Å²) in [6.45, 7) is 1.65. The van der Waals surface area contributed by atoms with Crippen LogP contribution in [0, 0.1) is 12.7 Å². The van der Waals surface area contributed by atoms with Crippen molar-refractivity contribution in [2.45, 2.75) is 26.5 Å². The first-order valence-corrected chi connectivity index (χ1v) is 9.33. The predicted octanol–water partition coefficient (Wildman–Crippen LogP) is 2.97. The maximum atomic E-state index is 13.7. The van der Waals surface area contributed by atoms with Gasteiger partial charge in [0.25, 0.3) is 5.89 Å². The molecular weight excluding hydrogens is 391 g/mol. The summed E-state index contributed by atoms with van der Waals surface area (Å²) < 4.78 is 27.0. The highest BCUT2D eigenvalue weighted by molar-refractivity contribution is 5.76. The first-order valence-electron chi connectivity index (χ1n) is 9.33. The molecule has 0 bridgehead atoms. The number of fused-ring (bicyclic) bond motifs is 1. The Bertz CT molecular complexity index is 1290. The second kappa shape index (κ2) is 7.94. The maximum Gasteiger partial charge on any atom is 0.328 e. The van der Waals surface area contributed by atoms with E-state index in [9.17, 15) is 14.0 Å². The molecule has 0 aliphatic heterocycles. The van der Waals surface area contributed by atoms with Crippen molar-refractivity contribution < 1.29 is 18.4 Å². The SMILES string of the molecule is Cc1ccc(-c2noc(COC(=O)CCn3c(=O)n(C)c4ccccc43)n2)cc1F. The van der Waals surface area contributed by atoms with Crippen molar-refractivity contribution in [1.29, 1.82) is 0 Å². The van der Waals surface area contributed by atoms with Crippen molar-refractivity contribution in [2.75, 3.05) is 0 Å². The van der Waals surface area contributed by atoms with Gasteiger partial charge in [0.15, 0.2) is 6.61 Å². The molecule has 0 N–H and O–H groups in total. The van der Waals surface area contributed by atoms with E-state index in [1.54, 1.807) is 26.1 Å². The monoisotopic (exact) mass is 410 g/mol. The van der Waals surface area contributed by atoms with E-state index in [0.717, 1.165) is 11.0 Å². The fourth-order valence-electron chi connectivity index (χ4n) is 3.16. The van der Waals surface area contributed by atoms with Crippen LogP contribution in [0.3, 0.4) is 0 Å². The molecule has 0 radical (unpaired) electrons. The van der Waals surface area contributed by atoms with E-state index >= 15 is 0 Å². The van der Waals surface area contributed by atoms with Crippen molar-refractivity contribution in [2.24, 2.45) is 7.05 Å². The number of hydrogen-bond acceptors (Lipinski definition) is 6. The normalized spacial score (nSPS) is 11.2. The molecule has 0 atom stereocenters. The molecule has 0 aliphatic carbocycles. The number of rotatable bonds is 6. The molecule has 0 amide bonds. The van der Waals surface area contributed by atoms with Crippen molar-refractivity contribution in [3.05, 3.63) is 70.2 Å². The van der Waals surface area contributed by atoms with Gasteiger partial charge < -0.3 is 9.26 Å². The van der Waals surface area contributed by atoms with Gasteiger partial charge in [-0.1, -0.05) is 29.4 Å². The van der Waals surface area contributed by atoms with E-state index in [0.29, 0.717) is 11.1 Å². The lowest BCUT2D eigenvalue weighted by molar-refractivity contribution is -0.146. The second-order valence-corrected chi connectivity index (χ2v) is 6.87. The molecule has 0 aliphatic rings. The number of para-hydroxylation sites is 2. The molecular formula is C21H19FN4O4. The zero-order valence-electron chi connectivity index (χ0n) is 16.5. The van der Waals surface area contributed by atoms with Crippen LogP contribution in [-0.4, -0.2) is 25.2 Å². The summed E-state index contributed by atoms with van der Waals surface area (Å²) in [5.74, 6) is -0.561. The fraction of sp³-hybridized carbons (Fsp3) is 0.238. The average molecular weight is 410 g/mol. The fourth-order valence-corrected chi connectivity index (χ4v) is 3.16. The zero-order chi connectivity index (χ0) is 21.3. The van der Waals surface area contributed by atoms with Gasteiger partial charge in [-0.3, -0.25) is 13.9 Å². The summed E-state index contributed by atoms with van der Waals surface area (Å²) in [5, 5.41) is 3.78. The van der Waals surface area contributed by atoms with E-state index in [4.69, 9.17) is 9.26 Å². The summed E-state index contributed by atoms with van der Waals surface area (Å²) >= 11 is 0. The average Bonchev–Trinajstić information content (AvgIpc) is 3.31. The Morgan fingerprint density at radius 2 is 1.97 bits per heavy atom. The van der Waals surface area contributed by atoms with Gasteiger partial charge >= 0.3 is 11.7 Å². The van der Waals surface area contributed by atoms with Crippen LogP contribution >= 0.6 is 0 Å². The number of carbonyl (C=O) groups is 1. The first kappa shape index (κ1) is 19.6. The van der Waals surface area contributed by atoms with Crippen LogP contribution in [0.2, 0.25) is 0 Å². The number of benzene rings is 2. The number of imidazole rings is 1. The quantitative estimate of drug-likeness (QED) is 0.454. The molecule has 2 aromatic carbocycles. The van der Waals surface area contributed by atoms with E-state index < -0.39 is 5.97 Å². The third-order valence-corrected chi connectivity index (χ3v) is 4.85. The summed E-state index contributed by atoms with van der Waals surface area (Å²) in [6, 6.07) is 12.0. The van der Waals surface area contributed by atoms with E-state index in [-0.39, 0.29) is 42.8 Å². The van der Waals surface area contributed by atoms with Crippen molar-refractivity contribution >= 4 is 17.0 Å². The lowest BCUT2D eigenvalue weighted by Crippen LogP contribution is -2.23. The topological polar surface area (TPSA) is 92.2 Å². The van der Waals surface area contributed by atoms with E-state index in [1.807, 2.05) is 24.3 Å². The number of aryl methyl sites for hydroxylation is 3. The molecule has 2 aromatic heterocycles. The lowest BCUT2D eigenvalue weighted by atomic mass is 10.1. The molecule has 0 fully saturated rings. The highest BCUT2D eigenvalue weighted by atomic mass is 19.1. The molecule has 4 aromatic rings. The van der Waals surface area contributed by atoms with Gasteiger partial charge in [0.05, 0.1) is 17.5 Å². The van der Waals surface area contributed by atoms with Gasteiger partial charge in [-0.2, -0.15) is 4.98 Å². The Hall–Kier alpha value is -3.75. The highest BCUT2D eigenvalue weighted by Gasteiger charge is 2.14. The molecule has 4 rings (SSSR count). The van der Waals surface area contributed by atoms with Gasteiger partial charge in [-0.25, -0.2) is 9.18 Å². The number of carbonyl (C=O) groups excluding carboxylic acids is 1. The molecule has 30 heavy (non-hydrogen) atoms. The van der Waals surface area contributed by atoms with Crippen molar-refractivity contribution in [1.82, 2.24) is 19.3 Å². The first-order chi connectivity index (χ1) is 14.4. The maximum absolute atomic E-state index is 13.7. The number of halogens is 1. The Kier molecular flexibility index (Phi) is 5.18. The van der Waals surface area contributed by atoms with Crippen LogP contribution in [0.15, 0.2) is 51.8 Å². The number of ether oxygens (including phenoxy) is 1. The van der Waals surface area contributed by atoms with Crippen LogP contribution in [0.25, 0.3) is 22.4 Å². The summed E-state index contributed by atoms with van der Waals surface area (Å²) in [5.41, 5.74) is 2.33. The van der Waals surface area contributed by atoms with Crippen LogP contribution in [0.1, 0.15) is 17.9 Å². The Morgan fingerprint density at radius 1 is 1.20 bits per heavy atom. The third-order valence-electron chi connectivity index (χ3n) is 4.85. The minimum absolute atomic E-state index is 0.0120. The Labute approximate surface area is 170 Å². The van der Waals surface area contributed by atoms with Crippen molar-refractivity contribution in [3.8, 4) is 11.4 Å². The zero-order valence-corrected chi connectivity index (χ0v) is 16.5. The van der Waals surface area contributed by atoms with Crippen LogP contribution in [0.4, 0.5) is 4.39 Å². The number of nitrogens with zero attached hydrogens (tertiary/aromatic N) is 4. The van der Waals surface area contributed by atoms with Gasteiger partial charge in [0.2, 0.25) is 5.82 Å². The van der Waals surface area contributed by atoms with E-state index in [1.165, 1.54) is 15.2 Å². The third kappa shape index (κ3) is 3.73. The Balaban J connectivity index is 1.37. The predicted molar refractivity (Wildman–Crippen MR) is 106 cm³/mol. The summed E-state index contributed by atoms with van der Waals surface area (Å²) in [7, 11) is 1.69. The number of esters is 1. The second-order valence-electron chi connectivity index (χ2n) is 6.87. The molecule has 9 heteroatoms. The standard InChI is InChI=1S/C21H19FN4O4/c1-13-7-8-14(11-15(13)22)20-23-18(30-24-20)12-29-19(27)9-10-26-17-6-4-3-5-16(17)25(2)21(26)28/h3-8,11H,9-10,12H2,1-2H3. The van der Waals surface area contributed by atoms with E-state index in [2.05, 4.69) is 10.1 Å². The van der Waals surface area contributed by atoms with Gasteiger partial charge in [-0.15, -0.1) is 0 Å². The highest BCUT2D eigenvalue weighted by Crippen LogP contribution is 2.19. The molecule has 0 saturated carbocycles. The Morgan fingerprint density at radius 3 is 2.73 bits per heavy atom. The smallest absolute Gasteiger partial charge is 0.328 e. The van der Waals surface area contributed by atoms with Gasteiger partial charge in [-0.05, 0) is 30.7 Å². The lowest BCUT2D eigenvalue weighted by Gasteiger charge is -2.03. The molecule has 154 valence electrons. The van der Waals surface area contributed by atoms with Gasteiger partial charge in [0, 0.05) is 19.2 Å². The van der Waals surface area contributed by atoms with Crippen LogP contribution in [-0.2, 0) is 29.7 Å². The van der Waals surface area contributed by atoms with Gasteiger partial charge in [0.1, 0.15) is 5.82 Å². The number of hydrogen-bond donors (Lipinski definition) is 0. The molecule has 0 saturated heterocycles. The minimum atomic E-state index is -0.504. The molecule has 0 spiro atoms. The van der Waals surface area contributed by atoms with Crippen LogP contribution < -0.4 is 5.69 Å². The summed E-state index contributed by atoms with van der Waals surface area (Å²) in [4.78, 5) is 28.6. The number of aromatic nitrogens is 4. The molecule has 8 nitrogen and oxygen atoms in total. The molecule has 2 heterocycles. The summed E-state index contributed by atoms with van der Waals surface area (Å²) in [6.07, 6.45) is 0.0120. The largest absolute Gasteiger partial charge is 0.456 e. The molecule has 0 unspecified atom stereocenters.